The number of hydrogen-bond acceptors (Lipinski definition) is 1. The van der Waals surface area contributed by atoms with Crippen LogP contribution in [-0.2, 0) is 4.43 Å². The minimum atomic E-state index is -0.739. The van der Waals surface area contributed by atoms with Crippen LogP contribution in [0.5, 0.6) is 0 Å². The second kappa shape index (κ2) is 4.87. The average molecular weight is 221 g/mol. The highest BCUT2D eigenvalue weighted by Gasteiger charge is 1.99. The molecule has 0 aromatic heterocycles. The van der Waals surface area contributed by atoms with Gasteiger partial charge < -0.3 is 4.43 Å². The molecule has 0 bridgehead atoms. The van der Waals surface area contributed by atoms with Gasteiger partial charge in [0.2, 0.25) is 0 Å². The van der Waals surface area contributed by atoms with Crippen LogP contribution in [0.25, 0.3) is 0 Å². The van der Waals surface area contributed by atoms with E-state index >= 15 is 0 Å². The van der Waals surface area contributed by atoms with E-state index < -0.39 is 14.8 Å². The van der Waals surface area contributed by atoms with E-state index in [1.165, 1.54) is 10.8 Å². The van der Waals surface area contributed by atoms with Gasteiger partial charge in [-0.05, 0) is 12.1 Å². The third-order valence-corrected chi connectivity index (χ3v) is 3.48. The number of alkyl halides is 2. The number of hydrogen-bond donors (Lipinski definition) is 0. The molecule has 12 heavy (non-hydrogen) atoms. The van der Waals surface area contributed by atoms with Crippen LogP contribution in [0, 0.1) is 6.92 Å². The van der Waals surface area contributed by atoms with Gasteiger partial charge in [0.05, 0.1) is 0 Å². The molecule has 1 aromatic rings. The molecule has 0 aliphatic heterocycles. The van der Waals surface area contributed by atoms with Crippen LogP contribution >= 0.6 is 23.2 Å². The van der Waals surface area contributed by atoms with Gasteiger partial charge in [0.15, 0.2) is 14.8 Å². The number of rotatable bonds is 3. The molecule has 1 aromatic carbocycles. The molecule has 0 atom stereocenters. The summed E-state index contributed by atoms with van der Waals surface area (Å²) in [7, 11) is -0.739. The van der Waals surface area contributed by atoms with Crippen LogP contribution in [0.4, 0.5) is 0 Å². The van der Waals surface area contributed by atoms with Gasteiger partial charge in [-0.1, -0.05) is 53.0 Å². The molecule has 0 aliphatic rings. The summed E-state index contributed by atoms with van der Waals surface area (Å²) >= 11 is 10.9. The Balaban J connectivity index is 2.48. The summed E-state index contributed by atoms with van der Waals surface area (Å²) in [6.07, 6.45) is 0. The molecule has 1 nitrogen and oxygen atoms in total. The van der Waals surface area contributed by atoms with Crippen LogP contribution < -0.4 is 5.19 Å². The molecule has 0 amide bonds. The van der Waals surface area contributed by atoms with Crippen molar-refractivity contribution in [3.63, 3.8) is 0 Å². The molecule has 0 spiro atoms. The van der Waals surface area contributed by atoms with Crippen LogP contribution in [0.1, 0.15) is 5.56 Å². The zero-order valence-electron chi connectivity index (χ0n) is 6.76. The second-order valence-electron chi connectivity index (χ2n) is 2.56. The topological polar surface area (TPSA) is 9.23 Å². The fraction of sp³-hybridized carbons (Fsp3) is 0.250. The van der Waals surface area contributed by atoms with Crippen molar-refractivity contribution in [2.75, 3.05) is 0 Å². The molecule has 0 N–H and O–H groups in total. The van der Waals surface area contributed by atoms with Crippen molar-refractivity contribution in [3.8, 4) is 0 Å². The maximum atomic E-state index is 5.44. The van der Waals surface area contributed by atoms with Gasteiger partial charge in [-0.3, -0.25) is 0 Å². The molecule has 0 saturated carbocycles. The van der Waals surface area contributed by atoms with Gasteiger partial charge in [0.25, 0.3) is 0 Å². The third-order valence-electron chi connectivity index (χ3n) is 1.50. The van der Waals surface area contributed by atoms with Crippen molar-refractivity contribution in [1.29, 1.82) is 0 Å². The van der Waals surface area contributed by atoms with E-state index in [0.717, 1.165) is 0 Å². The Bertz CT molecular complexity index is 235. The lowest BCUT2D eigenvalue weighted by molar-refractivity contribution is 0.383. The number of aryl methyl sites for hydroxylation is 1. The predicted molar refractivity (Wildman–Crippen MR) is 55.9 cm³/mol. The average Bonchev–Trinajstić information content (AvgIpc) is 2.03. The zero-order chi connectivity index (χ0) is 8.97. The molecule has 0 fully saturated rings. The normalized spacial score (nSPS) is 11.7. The van der Waals surface area contributed by atoms with Crippen LogP contribution in [0.15, 0.2) is 24.3 Å². The van der Waals surface area contributed by atoms with Crippen molar-refractivity contribution in [1.82, 2.24) is 0 Å². The molecule has 0 radical (unpaired) electrons. The van der Waals surface area contributed by atoms with E-state index in [2.05, 4.69) is 31.2 Å². The first-order valence-corrected chi connectivity index (χ1v) is 5.79. The quantitative estimate of drug-likeness (QED) is 0.555. The lowest BCUT2D eigenvalue weighted by Crippen LogP contribution is -2.18. The highest BCUT2D eigenvalue weighted by atomic mass is 35.5. The van der Waals surface area contributed by atoms with Gasteiger partial charge >= 0.3 is 0 Å². The summed E-state index contributed by atoms with van der Waals surface area (Å²) in [6.45, 7) is 2.05. The minimum Gasteiger partial charge on any atom is -0.391 e. The van der Waals surface area contributed by atoms with Crippen molar-refractivity contribution in [3.05, 3.63) is 29.8 Å². The smallest absolute Gasteiger partial charge is 0.197 e. The molecule has 1 rings (SSSR count). The molecule has 0 heterocycles. The zero-order valence-corrected chi connectivity index (χ0v) is 9.68. The van der Waals surface area contributed by atoms with Crippen LogP contribution in [-0.4, -0.2) is 14.8 Å². The molecular formula is C8H10Cl2OSi. The van der Waals surface area contributed by atoms with Crippen molar-refractivity contribution in [2.24, 2.45) is 0 Å². The molecular weight excluding hydrogens is 211 g/mol. The molecule has 66 valence electrons. The molecule has 0 unspecified atom stereocenters. The lowest BCUT2D eigenvalue weighted by atomic mass is 10.2. The number of benzene rings is 1. The van der Waals surface area contributed by atoms with Crippen molar-refractivity contribution < 1.29 is 4.43 Å². The SMILES string of the molecule is Cc1ccc([SiH2]OC(Cl)Cl)cc1. The first kappa shape index (κ1) is 10.1. The maximum absolute atomic E-state index is 5.44. The Morgan fingerprint density at radius 2 is 1.83 bits per heavy atom. The van der Waals surface area contributed by atoms with Gasteiger partial charge in [0, 0.05) is 0 Å². The standard InChI is InChI=1S/C8H10Cl2OSi/c1-6-2-4-7(5-3-6)12-11-8(9)10/h2-5,8H,12H2,1H3. The highest BCUT2D eigenvalue weighted by molar-refractivity contribution is 6.51. The summed E-state index contributed by atoms with van der Waals surface area (Å²) in [5.41, 5.74) is 1.25. The van der Waals surface area contributed by atoms with Gasteiger partial charge in [0.1, 0.15) is 0 Å². The van der Waals surface area contributed by atoms with Crippen molar-refractivity contribution >= 4 is 38.2 Å². The highest BCUT2D eigenvalue weighted by Crippen LogP contribution is 2.01. The van der Waals surface area contributed by atoms with Gasteiger partial charge in [-0.2, -0.15) is 0 Å². The largest absolute Gasteiger partial charge is 0.391 e. The summed E-state index contributed by atoms with van der Waals surface area (Å²) in [4.78, 5) is 0. The summed E-state index contributed by atoms with van der Waals surface area (Å²) in [6, 6.07) is 8.22. The third kappa shape index (κ3) is 3.58. The summed E-state index contributed by atoms with van der Waals surface area (Å²) in [5, 5.41) is 0.532. The summed E-state index contributed by atoms with van der Waals surface area (Å²) < 4.78 is 5.14. The van der Waals surface area contributed by atoms with E-state index in [9.17, 15) is 0 Å². The molecule has 4 heteroatoms. The fourth-order valence-corrected chi connectivity index (χ4v) is 1.97. The Morgan fingerprint density at radius 3 is 2.33 bits per heavy atom. The Labute approximate surface area is 84.6 Å². The van der Waals surface area contributed by atoms with E-state index in [4.69, 9.17) is 27.6 Å². The fourth-order valence-electron chi connectivity index (χ4n) is 0.844. The van der Waals surface area contributed by atoms with E-state index in [1.54, 1.807) is 0 Å². The van der Waals surface area contributed by atoms with E-state index in [-0.39, 0.29) is 0 Å². The predicted octanol–water partition coefficient (Wildman–Crippen LogP) is 1.48. The minimum absolute atomic E-state index is 0.682. The van der Waals surface area contributed by atoms with E-state index in [1.807, 2.05) is 0 Å². The first-order valence-electron chi connectivity index (χ1n) is 3.64. The monoisotopic (exact) mass is 220 g/mol. The lowest BCUT2D eigenvalue weighted by Gasteiger charge is -2.03. The molecule has 0 saturated heterocycles. The first-order chi connectivity index (χ1) is 5.68. The maximum Gasteiger partial charge on any atom is 0.197 e. The Kier molecular flexibility index (Phi) is 4.08. The summed E-state index contributed by atoms with van der Waals surface area (Å²) in [5.74, 6) is 0. The van der Waals surface area contributed by atoms with E-state index in [0.29, 0.717) is 0 Å². The van der Waals surface area contributed by atoms with Gasteiger partial charge in [-0.15, -0.1) is 0 Å². The van der Waals surface area contributed by atoms with Gasteiger partial charge in [-0.25, -0.2) is 0 Å². The van der Waals surface area contributed by atoms with Crippen molar-refractivity contribution in [2.45, 2.75) is 11.9 Å². The van der Waals surface area contributed by atoms with Crippen LogP contribution in [0.3, 0.4) is 0 Å². The Hall–Kier alpha value is -0.0231. The molecule has 0 aliphatic carbocycles. The van der Waals surface area contributed by atoms with Crippen LogP contribution in [0.2, 0.25) is 0 Å². The number of halogens is 2. The second-order valence-corrected chi connectivity index (χ2v) is 5.01. The Morgan fingerprint density at radius 1 is 1.25 bits per heavy atom.